The second-order valence-corrected chi connectivity index (χ2v) is 6.69. The third-order valence-electron chi connectivity index (χ3n) is 4.52. The van der Waals surface area contributed by atoms with Gasteiger partial charge in [-0.3, -0.25) is 20.4 Å². The predicted octanol–water partition coefficient (Wildman–Crippen LogP) is 3.60. The van der Waals surface area contributed by atoms with Gasteiger partial charge in [-0.15, -0.1) is 0 Å². The van der Waals surface area contributed by atoms with Crippen LogP contribution in [0.25, 0.3) is 21.5 Å². The Labute approximate surface area is 173 Å². The maximum Gasteiger partial charge on any atom is 0.276 e. The number of hydrogen-bond acceptors (Lipinski definition) is 4. The molecule has 0 radical (unpaired) electrons. The van der Waals surface area contributed by atoms with Crippen molar-refractivity contribution >= 4 is 33.4 Å². The zero-order valence-corrected chi connectivity index (χ0v) is 16.1. The van der Waals surface area contributed by atoms with Crippen molar-refractivity contribution in [1.82, 2.24) is 10.9 Å². The summed E-state index contributed by atoms with van der Waals surface area (Å²) in [7, 11) is 0. The summed E-state index contributed by atoms with van der Waals surface area (Å²) in [6.45, 7) is -0.436. The fourth-order valence-corrected chi connectivity index (χ4v) is 3.02. The van der Waals surface area contributed by atoms with Crippen LogP contribution >= 0.6 is 0 Å². The molecule has 150 valence electrons. The summed E-state index contributed by atoms with van der Waals surface area (Å²) in [5.74, 6) is 0.217. The first-order valence-corrected chi connectivity index (χ1v) is 9.48. The van der Waals surface area contributed by atoms with Gasteiger partial charge in [-0.05, 0) is 45.8 Å². The highest BCUT2D eigenvalue weighted by Gasteiger charge is 2.07. The average Bonchev–Trinajstić information content (AvgIpc) is 2.79. The van der Waals surface area contributed by atoms with Crippen LogP contribution in [0.4, 0.5) is 0 Å². The minimum absolute atomic E-state index is 0.218. The molecule has 0 aliphatic carbocycles. The molecule has 0 aliphatic rings. The summed E-state index contributed by atoms with van der Waals surface area (Å²) < 4.78 is 11.0. The van der Waals surface area contributed by atoms with Gasteiger partial charge in [0.25, 0.3) is 11.8 Å². The maximum absolute atomic E-state index is 11.9. The van der Waals surface area contributed by atoms with Crippen molar-refractivity contribution in [3.05, 3.63) is 84.9 Å². The molecule has 0 saturated heterocycles. The Morgan fingerprint density at radius 3 is 1.40 bits per heavy atom. The molecule has 4 aromatic rings. The Hall–Kier alpha value is -4.06. The quantitative estimate of drug-likeness (QED) is 0.485. The van der Waals surface area contributed by atoms with Gasteiger partial charge >= 0.3 is 0 Å². The van der Waals surface area contributed by atoms with Gasteiger partial charge in [0.05, 0.1) is 0 Å². The van der Waals surface area contributed by atoms with Crippen molar-refractivity contribution in [3.8, 4) is 11.5 Å². The van der Waals surface area contributed by atoms with E-state index in [1.807, 2.05) is 72.8 Å². The standard InChI is InChI=1S/C24H20N2O4/c27-23(15-29-21-11-9-17-5-1-3-7-19(17)13-21)25-26-24(28)16-30-22-12-10-18-6-2-4-8-20(18)14-22/h1-14H,15-16H2,(H,25,27)(H,26,28). The van der Waals surface area contributed by atoms with E-state index in [4.69, 9.17) is 9.47 Å². The van der Waals surface area contributed by atoms with E-state index in [2.05, 4.69) is 10.9 Å². The first-order chi connectivity index (χ1) is 14.7. The molecule has 6 nitrogen and oxygen atoms in total. The second-order valence-electron chi connectivity index (χ2n) is 6.69. The lowest BCUT2D eigenvalue weighted by Crippen LogP contribution is -2.45. The van der Waals surface area contributed by atoms with Gasteiger partial charge in [0.15, 0.2) is 13.2 Å². The minimum atomic E-state index is -0.470. The molecular formula is C24H20N2O4. The molecule has 0 atom stereocenters. The van der Waals surface area contributed by atoms with Crippen LogP contribution in [0.5, 0.6) is 11.5 Å². The number of carbonyl (C=O) groups excluding carboxylic acids is 2. The SMILES string of the molecule is O=C(COc1ccc2ccccc2c1)NNC(=O)COc1ccc2ccccc2c1. The minimum Gasteiger partial charge on any atom is -0.484 e. The Bertz CT molecular complexity index is 1110. The molecule has 0 aromatic heterocycles. The van der Waals surface area contributed by atoms with E-state index >= 15 is 0 Å². The molecular weight excluding hydrogens is 380 g/mol. The lowest BCUT2D eigenvalue weighted by atomic mass is 10.1. The summed E-state index contributed by atoms with van der Waals surface area (Å²) in [6.07, 6.45) is 0. The van der Waals surface area contributed by atoms with Crippen molar-refractivity contribution in [2.75, 3.05) is 13.2 Å². The Morgan fingerprint density at radius 2 is 0.967 bits per heavy atom. The predicted molar refractivity (Wildman–Crippen MR) is 115 cm³/mol. The van der Waals surface area contributed by atoms with Gasteiger partial charge in [-0.25, -0.2) is 0 Å². The van der Waals surface area contributed by atoms with Crippen molar-refractivity contribution in [2.24, 2.45) is 0 Å². The van der Waals surface area contributed by atoms with E-state index < -0.39 is 11.8 Å². The number of rotatable bonds is 6. The first kappa shape index (κ1) is 19.3. The molecule has 0 fully saturated rings. The zero-order valence-electron chi connectivity index (χ0n) is 16.1. The molecule has 4 rings (SSSR count). The van der Waals surface area contributed by atoms with E-state index in [-0.39, 0.29) is 13.2 Å². The lowest BCUT2D eigenvalue weighted by Gasteiger charge is -2.10. The van der Waals surface area contributed by atoms with Crippen LogP contribution in [0.15, 0.2) is 84.9 Å². The fourth-order valence-electron chi connectivity index (χ4n) is 3.02. The number of amides is 2. The molecule has 0 spiro atoms. The van der Waals surface area contributed by atoms with Crippen LogP contribution in [0.1, 0.15) is 0 Å². The van der Waals surface area contributed by atoms with Gasteiger partial charge in [0, 0.05) is 0 Å². The second kappa shape index (κ2) is 8.96. The van der Waals surface area contributed by atoms with Gasteiger partial charge in [-0.2, -0.15) is 0 Å². The normalized spacial score (nSPS) is 10.5. The first-order valence-electron chi connectivity index (χ1n) is 9.48. The number of hydrazine groups is 1. The van der Waals surface area contributed by atoms with Crippen molar-refractivity contribution in [3.63, 3.8) is 0 Å². The van der Waals surface area contributed by atoms with Crippen molar-refractivity contribution < 1.29 is 19.1 Å². The molecule has 0 aliphatic heterocycles. The third kappa shape index (κ3) is 4.86. The molecule has 2 N–H and O–H groups in total. The molecule has 30 heavy (non-hydrogen) atoms. The largest absolute Gasteiger partial charge is 0.484 e. The molecule has 6 heteroatoms. The summed E-state index contributed by atoms with van der Waals surface area (Å²) in [5, 5.41) is 4.23. The van der Waals surface area contributed by atoms with Gasteiger partial charge in [0.2, 0.25) is 0 Å². The van der Waals surface area contributed by atoms with Crippen LogP contribution in [0, 0.1) is 0 Å². The monoisotopic (exact) mass is 400 g/mol. The lowest BCUT2D eigenvalue weighted by molar-refractivity contribution is -0.131. The summed E-state index contributed by atoms with van der Waals surface area (Å²) in [5.41, 5.74) is 4.62. The number of benzene rings is 4. The number of nitrogens with one attached hydrogen (secondary N) is 2. The Balaban J connectivity index is 1.21. The highest BCUT2D eigenvalue weighted by Crippen LogP contribution is 2.21. The fraction of sp³-hybridized carbons (Fsp3) is 0.0833. The van der Waals surface area contributed by atoms with E-state index in [0.29, 0.717) is 11.5 Å². The highest BCUT2D eigenvalue weighted by molar-refractivity contribution is 5.86. The molecule has 0 unspecified atom stereocenters. The molecule has 0 bridgehead atoms. The topological polar surface area (TPSA) is 76.7 Å². The highest BCUT2D eigenvalue weighted by atomic mass is 16.5. The van der Waals surface area contributed by atoms with Gasteiger partial charge in [-0.1, -0.05) is 60.7 Å². The molecule has 0 heterocycles. The van der Waals surface area contributed by atoms with Crippen LogP contribution < -0.4 is 20.3 Å². The van der Waals surface area contributed by atoms with Crippen LogP contribution in [0.2, 0.25) is 0 Å². The van der Waals surface area contributed by atoms with E-state index in [9.17, 15) is 9.59 Å². The van der Waals surface area contributed by atoms with Gasteiger partial charge in [0.1, 0.15) is 11.5 Å². The van der Waals surface area contributed by atoms with E-state index in [1.165, 1.54) is 0 Å². The third-order valence-corrected chi connectivity index (χ3v) is 4.52. The maximum atomic E-state index is 11.9. The number of hydrogen-bond donors (Lipinski definition) is 2. The van der Waals surface area contributed by atoms with Crippen LogP contribution in [-0.2, 0) is 9.59 Å². The number of carbonyl (C=O) groups is 2. The van der Waals surface area contributed by atoms with E-state index in [1.54, 1.807) is 12.1 Å². The van der Waals surface area contributed by atoms with E-state index in [0.717, 1.165) is 21.5 Å². The molecule has 2 amide bonds. The van der Waals surface area contributed by atoms with Crippen molar-refractivity contribution in [2.45, 2.75) is 0 Å². The number of ether oxygens (including phenoxy) is 2. The van der Waals surface area contributed by atoms with Crippen LogP contribution in [0.3, 0.4) is 0 Å². The Kier molecular flexibility index (Phi) is 5.75. The Morgan fingerprint density at radius 1 is 0.567 bits per heavy atom. The van der Waals surface area contributed by atoms with Gasteiger partial charge < -0.3 is 9.47 Å². The molecule has 0 saturated carbocycles. The zero-order chi connectivity index (χ0) is 20.8. The summed E-state index contributed by atoms with van der Waals surface area (Å²) >= 11 is 0. The summed E-state index contributed by atoms with van der Waals surface area (Å²) in [6, 6.07) is 26.9. The van der Waals surface area contributed by atoms with Crippen molar-refractivity contribution in [1.29, 1.82) is 0 Å². The van der Waals surface area contributed by atoms with Crippen LogP contribution in [-0.4, -0.2) is 25.0 Å². The molecule has 4 aromatic carbocycles. The number of fused-ring (bicyclic) bond motifs is 2. The summed E-state index contributed by atoms with van der Waals surface area (Å²) in [4.78, 5) is 23.8. The average molecular weight is 400 g/mol. The smallest absolute Gasteiger partial charge is 0.276 e.